The first-order chi connectivity index (χ1) is 9.31. The van der Waals surface area contributed by atoms with Crippen LogP contribution in [-0.2, 0) is 9.47 Å². The molecule has 0 amide bonds. The van der Waals surface area contributed by atoms with E-state index < -0.39 is 0 Å². The van der Waals surface area contributed by atoms with Crippen molar-refractivity contribution in [2.75, 3.05) is 32.3 Å². The Morgan fingerprint density at radius 2 is 1.80 bits per heavy atom. The van der Waals surface area contributed by atoms with Gasteiger partial charge in [-0.2, -0.15) is 0 Å². The molecule has 1 aliphatic rings. The number of alkyl halides is 3. The zero-order valence-corrected chi connectivity index (χ0v) is 20.1. The third-order valence-electron chi connectivity index (χ3n) is 4.32. The van der Waals surface area contributed by atoms with E-state index in [-0.39, 0.29) is 10.9 Å². The first-order valence-corrected chi connectivity index (χ1v) is 12.8. The second-order valence-corrected chi connectivity index (χ2v) is 13.3. The van der Waals surface area contributed by atoms with Crippen molar-refractivity contribution in [3.63, 3.8) is 0 Å². The van der Waals surface area contributed by atoms with Crippen LogP contribution in [0.5, 0.6) is 0 Å². The van der Waals surface area contributed by atoms with Gasteiger partial charge in [-0.3, -0.25) is 0 Å². The lowest BCUT2D eigenvalue weighted by atomic mass is 9.76. The minimum absolute atomic E-state index is 0.0690. The van der Waals surface area contributed by atoms with Gasteiger partial charge in [0.1, 0.15) is 0 Å². The molecule has 0 aromatic heterocycles. The van der Waals surface area contributed by atoms with E-state index in [0.717, 1.165) is 30.7 Å². The molecule has 0 spiro atoms. The average Bonchev–Trinajstić information content (AvgIpc) is 2.40. The summed E-state index contributed by atoms with van der Waals surface area (Å²) in [5.74, 6) is 1.15. The summed E-state index contributed by atoms with van der Waals surface area (Å²) in [7, 11) is 1.73. The lowest BCUT2D eigenvalue weighted by Crippen LogP contribution is -2.47. The van der Waals surface area contributed by atoms with Gasteiger partial charge in [0.25, 0.3) is 0 Å². The summed E-state index contributed by atoms with van der Waals surface area (Å²) in [6, 6.07) is 0. The Balaban J connectivity index is 2.36. The summed E-state index contributed by atoms with van der Waals surface area (Å²) in [5, 5.41) is 0. The molecule has 6 heteroatoms. The molecule has 1 aliphatic carbocycles. The molecule has 0 heterocycles. The van der Waals surface area contributed by atoms with Crippen LogP contribution in [0.25, 0.3) is 0 Å². The summed E-state index contributed by atoms with van der Waals surface area (Å²) in [5.41, 5.74) is 0.708. The van der Waals surface area contributed by atoms with Gasteiger partial charge in [-0.15, -0.1) is 0 Å². The normalized spacial score (nSPS) is 38.5. The van der Waals surface area contributed by atoms with Crippen molar-refractivity contribution in [2.45, 2.75) is 43.9 Å². The Hall–Kier alpha value is 2.46. The summed E-state index contributed by atoms with van der Waals surface area (Å²) in [6.07, 6.45) is 4.95. The van der Waals surface area contributed by atoms with Crippen LogP contribution in [0.1, 0.15) is 26.7 Å². The van der Waals surface area contributed by atoms with Crippen LogP contribution in [0.15, 0.2) is 0 Å². The van der Waals surface area contributed by atoms with Gasteiger partial charge in [-0.1, -0.05) is 74.7 Å². The standard InChI is InChI=1S/C14H27I3O2S/c1-10(18-3)20(4)6-5-19-9-14(2)12(16)7-11(15)8-13(14)17/h10-13,20H,5-9H2,1-4H3. The highest BCUT2D eigenvalue weighted by Gasteiger charge is 2.44. The molecule has 1 rings (SSSR count). The number of halogens is 3. The zero-order chi connectivity index (χ0) is 15.3. The number of thiol groups is 1. The van der Waals surface area contributed by atoms with Gasteiger partial charge in [0, 0.05) is 30.1 Å². The summed E-state index contributed by atoms with van der Waals surface area (Å²) >= 11 is 7.89. The van der Waals surface area contributed by atoms with Gasteiger partial charge in [0.15, 0.2) is 0 Å². The van der Waals surface area contributed by atoms with Crippen molar-refractivity contribution in [3.8, 4) is 0 Å². The molecule has 2 nitrogen and oxygen atoms in total. The molecule has 0 aliphatic heterocycles. The van der Waals surface area contributed by atoms with Crippen LogP contribution in [0.3, 0.4) is 0 Å². The Morgan fingerprint density at radius 1 is 1.25 bits per heavy atom. The van der Waals surface area contributed by atoms with Gasteiger partial charge >= 0.3 is 0 Å². The number of ether oxygens (including phenoxy) is 2. The van der Waals surface area contributed by atoms with Crippen molar-refractivity contribution >= 4 is 78.7 Å². The van der Waals surface area contributed by atoms with Crippen LogP contribution >= 0.6 is 78.7 Å². The molecular formula is C14H27I3O2S. The fourth-order valence-corrected chi connectivity index (χ4v) is 9.57. The minimum Gasteiger partial charge on any atom is -0.380 e. The second kappa shape index (κ2) is 9.68. The summed E-state index contributed by atoms with van der Waals surface area (Å²) in [6.45, 7) is 6.36. The van der Waals surface area contributed by atoms with Crippen molar-refractivity contribution in [1.82, 2.24) is 0 Å². The molecule has 1 fully saturated rings. The molecule has 0 radical (unpaired) electrons. The van der Waals surface area contributed by atoms with Crippen LogP contribution < -0.4 is 0 Å². The van der Waals surface area contributed by atoms with E-state index in [1.165, 1.54) is 12.8 Å². The smallest absolute Gasteiger partial charge is 0.0821 e. The Bertz CT molecular complexity index is 282. The molecule has 0 bridgehead atoms. The second-order valence-electron chi connectivity index (χ2n) is 5.88. The van der Waals surface area contributed by atoms with Gasteiger partial charge in [0.05, 0.1) is 18.6 Å². The SMILES string of the molecule is COC(C)[SH](C)CCOCC1(C)C(I)CC(I)CC1I. The summed E-state index contributed by atoms with van der Waals surface area (Å²) in [4.78, 5) is 0. The van der Waals surface area contributed by atoms with E-state index in [0.29, 0.717) is 10.9 Å². The van der Waals surface area contributed by atoms with E-state index in [4.69, 9.17) is 9.47 Å². The maximum atomic E-state index is 6.07. The molecule has 122 valence electrons. The molecular weight excluding hydrogens is 613 g/mol. The monoisotopic (exact) mass is 640 g/mol. The Labute approximate surface area is 168 Å². The van der Waals surface area contributed by atoms with Crippen molar-refractivity contribution in [1.29, 1.82) is 0 Å². The number of methoxy groups -OCH3 is 1. The van der Waals surface area contributed by atoms with Gasteiger partial charge < -0.3 is 9.47 Å². The molecule has 0 aromatic carbocycles. The minimum atomic E-state index is -0.0690. The summed E-state index contributed by atoms with van der Waals surface area (Å²) < 4.78 is 13.7. The highest BCUT2D eigenvalue weighted by atomic mass is 127. The number of hydrogen-bond acceptors (Lipinski definition) is 2. The predicted octanol–water partition coefficient (Wildman–Crippen LogP) is 4.84. The van der Waals surface area contributed by atoms with Crippen LogP contribution in [0, 0.1) is 5.41 Å². The van der Waals surface area contributed by atoms with Crippen LogP contribution in [0.2, 0.25) is 0 Å². The Kier molecular flexibility index (Phi) is 9.93. The first-order valence-electron chi connectivity index (χ1n) is 7.04. The van der Waals surface area contributed by atoms with Crippen molar-refractivity contribution < 1.29 is 9.47 Å². The molecule has 0 aromatic rings. The lowest BCUT2D eigenvalue weighted by Gasteiger charge is -2.44. The molecule has 4 unspecified atom stereocenters. The fraction of sp³-hybridized carbons (Fsp3) is 1.00. The number of rotatable bonds is 7. The van der Waals surface area contributed by atoms with Crippen LogP contribution in [-0.4, -0.2) is 49.5 Å². The van der Waals surface area contributed by atoms with Crippen molar-refractivity contribution in [3.05, 3.63) is 0 Å². The van der Waals surface area contributed by atoms with Gasteiger partial charge in [0.2, 0.25) is 0 Å². The van der Waals surface area contributed by atoms with E-state index in [1.807, 2.05) is 0 Å². The highest BCUT2D eigenvalue weighted by Crippen LogP contribution is 2.47. The van der Waals surface area contributed by atoms with Crippen LogP contribution in [0.4, 0.5) is 0 Å². The maximum Gasteiger partial charge on any atom is 0.0821 e. The molecule has 4 atom stereocenters. The number of hydrogen-bond donors (Lipinski definition) is 1. The fourth-order valence-electron chi connectivity index (χ4n) is 2.32. The van der Waals surface area contributed by atoms with E-state index in [1.54, 1.807) is 7.11 Å². The third kappa shape index (κ3) is 5.83. The van der Waals surface area contributed by atoms with Gasteiger partial charge in [-0.05, 0) is 26.0 Å². The largest absolute Gasteiger partial charge is 0.380 e. The molecule has 0 N–H and O–H groups in total. The maximum absolute atomic E-state index is 6.07. The predicted molar refractivity (Wildman–Crippen MR) is 118 cm³/mol. The first kappa shape index (κ1) is 20.5. The highest BCUT2D eigenvalue weighted by molar-refractivity contribution is 14.1. The van der Waals surface area contributed by atoms with E-state index >= 15 is 0 Å². The van der Waals surface area contributed by atoms with E-state index in [9.17, 15) is 0 Å². The molecule has 20 heavy (non-hydrogen) atoms. The zero-order valence-electron chi connectivity index (χ0n) is 12.7. The van der Waals surface area contributed by atoms with Crippen molar-refractivity contribution in [2.24, 2.45) is 5.41 Å². The molecule has 0 saturated heterocycles. The third-order valence-corrected chi connectivity index (χ3v) is 11.5. The topological polar surface area (TPSA) is 18.5 Å². The van der Waals surface area contributed by atoms with Gasteiger partial charge in [-0.25, -0.2) is 10.9 Å². The van der Waals surface area contributed by atoms with E-state index in [2.05, 4.69) is 87.9 Å². The quantitative estimate of drug-likeness (QED) is 0.186. The lowest BCUT2D eigenvalue weighted by molar-refractivity contribution is 0.0547. The average molecular weight is 640 g/mol. The Morgan fingerprint density at radius 3 is 2.30 bits per heavy atom. The molecule has 1 saturated carbocycles.